The molecule has 1 amide bonds. The van der Waals surface area contributed by atoms with Gasteiger partial charge in [0.25, 0.3) is 0 Å². The zero-order valence-corrected chi connectivity index (χ0v) is 19.1. The van der Waals surface area contributed by atoms with Crippen LogP contribution in [0.15, 0.2) is 36.4 Å². The third-order valence-corrected chi connectivity index (χ3v) is 5.97. The number of hydrogen-bond acceptors (Lipinski definition) is 4. The quantitative estimate of drug-likeness (QED) is 0.761. The van der Waals surface area contributed by atoms with Crippen molar-refractivity contribution < 1.29 is 19.4 Å². The third-order valence-electron chi connectivity index (χ3n) is 5.97. The van der Waals surface area contributed by atoms with E-state index in [9.17, 15) is 14.7 Å². The maximum atomic E-state index is 13.4. The van der Waals surface area contributed by atoms with Gasteiger partial charge in [-0.2, -0.15) is 0 Å². The molecule has 6 nitrogen and oxygen atoms in total. The number of benzene rings is 2. The molecule has 6 heteroatoms. The molecule has 2 aromatic rings. The minimum absolute atomic E-state index is 0.0632. The smallest absolute Gasteiger partial charge is 0.336 e. The van der Waals surface area contributed by atoms with Crippen molar-refractivity contribution in [2.75, 3.05) is 38.2 Å². The molecule has 0 unspecified atom stereocenters. The van der Waals surface area contributed by atoms with Crippen LogP contribution in [0.25, 0.3) is 0 Å². The molecule has 1 aliphatic rings. The van der Waals surface area contributed by atoms with Crippen LogP contribution in [0.4, 0.5) is 5.69 Å². The largest absolute Gasteiger partial charge is 0.497 e. The summed E-state index contributed by atoms with van der Waals surface area (Å²) in [6, 6.07) is 11.7. The first-order valence-electron chi connectivity index (χ1n) is 10.6. The summed E-state index contributed by atoms with van der Waals surface area (Å²) in [5.74, 6) is -0.0595. The number of ether oxygens (including phenoxy) is 1. The van der Waals surface area contributed by atoms with Crippen LogP contribution in [-0.2, 0) is 11.2 Å². The predicted octanol–water partition coefficient (Wildman–Crippen LogP) is 3.93. The molecule has 166 valence electrons. The van der Waals surface area contributed by atoms with Gasteiger partial charge in [0.2, 0.25) is 5.91 Å². The molecule has 0 saturated carbocycles. The summed E-state index contributed by atoms with van der Waals surface area (Å²) < 4.78 is 5.32. The molecule has 1 N–H and O–H groups in total. The van der Waals surface area contributed by atoms with E-state index in [4.69, 9.17) is 4.74 Å². The maximum absolute atomic E-state index is 13.4. The number of amides is 1. The van der Waals surface area contributed by atoms with Gasteiger partial charge in [0.05, 0.1) is 12.7 Å². The fourth-order valence-corrected chi connectivity index (χ4v) is 4.46. The molecule has 1 heterocycles. The van der Waals surface area contributed by atoms with Crippen molar-refractivity contribution in [1.29, 1.82) is 0 Å². The molecule has 0 aromatic heterocycles. The molecule has 1 fully saturated rings. The van der Waals surface area contributed by atoms with Crippen molar-refractivity contribution >= 4 is 17.6 Å². The third kappa shape index (κ3) is 5.01. The normalized spacial score (nSPS) is 14.5. The highest BCUT2D eigenvalue weighted by molar-refractivity contribution is 5.92. The van der Waals surface area contributed by atoms with E-state index in [0.717, 1.165) is 41.2 Å². The lowest BCUT2D eigenvalue weighted by molar-refractivity contribution is -0.140. The summed E-state index contributed by atoms with van der Waals surface area (Å²) in [5, 5.41) is 9.69. The van der Waals surface area contributed by atoms with Crippen LogP contribution in [-0.4, -0.2) is 55.2 Å². The average molecular weight is 425 g/mol. The van der Waals surface area contributed by atoms with E-state index in [1.54, 1.807) is 7.11 Å². The van der Waals surface area contributed by atoms with Gasteiger partial charge in [-0.1, -0.05) is 37.6 Å². The summed E-state index contributed by atoms with van der Waals surface area (Å²) in [6.45, 7) is 10.4. The summed E-state index contributed by atoms with van der Waals surface area (Å²) >= 11 is 0. The van der Waals surface area contributed by atoms with Crippen molar-refractivity contribution in [3.8, 4) is 5.75 Å². The fraction of sp³-hybridized carbons (Fsp3) is 0.440. The number of hydrogen-bond donors (Lipinski definition) is 1. The van der Waals surface area contributed by atoms with Crippen LogP contribution in [0, 0.1) is 19.3 Å². The lowest BCUT2D eigenvalue weighted by atomic mass is 9.81. The van der Waals surface area contributed by atoms with Gasteiger partial charge in [0.1, 0.15) is 5.75 Å². The van der Waals surface area contributed by atoms with E-state index in [2.05, 4.69) is 11.0 Å². The Morgan fingerprint density at radius 2 is 1.74 bits per heavy atom. The van der Waals surface area contributed by atoms with Crippen molar-refractivity contribution in [2.24, 2.45) is 5.41 Å². The van der Waals surface area contributed by atoms with Gasteiger partial charge in [-0.05, 0) is 43.5 Å². The lowest BCUT2D eigenvalue weighted by Crippen LogP contribution is -2.52. The van der Waals surface area contributed by atoms with Crippen LogP contribution >= 0.6 is 0 Å². The molecule has 31 heavy (non-hydrogen) atoms. The van der Waals surface area contributed by atoms with E-state index in [-0.39, 0.29) is 5.91 Å². The number of anilines is 1. The number of aromatic carboxylic acids is 1. The number of carbonyl (C=O) groups excluding carboxylic acids is 1. The van der Waals surface area contributed by atoms with Crippen LogP contribution in [0.5, 0.6) is 5.75 Å². The molecule has 0 aliphatic carbocycles. The summed E-state index contributed by atoms with van der Waals surface area (Å²) in [4.78, 5) is 29.3. The Morgan fingerprint density at radius 1 is 1.06 bits per heavy atom. The van der Waals surface area contributed by atoms with E-state index in [1.807, 2.05) is 62.9 Å². The standard InChI is InChI=1S/C25H32N2O4/c1-17-13-18(2)22(23(28)29)19(14-17)16-25(3,4)24(30)27-11-9-26(10-12-27)20-7-6-8-21(15-20)31-5/h6-8,13-15H,9-12,16H2,1-5H3,(H,28,29). The molecule has 0 bridgehead atoms. The minimum Gasteiger partial charge on any atom is -0.497 e. The topological polar surface area (TPSA) is 70.1 Å². The second kappa shape index (κ2) is 9.00. The van der Waals surface area contributed by atoms with E-state index >= 15 is 0 Å². The lowest BCUT2D eigenvalue weighted by Gasteiger charge is -2.39. The number of rotatable bonds is 6. The number of carbonyl (C=O) groups is 2. The van der Waals surface area contributed by atoms with Gasteiger partial charge in [-0.15, -0.1) is 0 Å². The fourth-order valence-electron chi connectivity index (χ4n) is 4.46. The van der Waals surface area contributed by atoms with Crippen molar-refractivity contribution in [1.82, 2.24) is 4.90 Å². The van der Waals surface area contributed by atoms with Crippen LogP contribution in [0.2, 0.25) is 0 Å². The first-order chi connectivity index (χ1) is 14.6. The number of carboxylic acids is 1. The van der Waals surface area contributed by atoms with Gasteiger partial charge in [-0.3, -0.25) is 4.79 Å². The van der Waals surface area contributed by atoms with Crippen molar-refractivity contribution in [2.45, 2.75) is 34.1 Å². The summed E-state index contributed by atoms with van der Waals surface area (Å²) in [7, 11) is 1.66. The number of methoxy groups -OCH3 is 1. The van der Waals surface area contributed by atoms with Crippen molar-refractivity contribution in [3.63, 3.8) is 0 Å². The molecule has 1 aliphatic heterocycles. The molecule has 0 spiro atoms. The highest BCUT2D eigenvalue weighted by Gasteiger charge is 2.35. The van der Waals surface area contributed by atoms with Gasteiger partial charge in [-0.25, -0.2) is 4.79 Å². The molecule has 0 radical (unpaired) electrons. The highest BCUT2D eigenvalue weighted by Crippen LogP contribution is 2.30. The molecule has 0 atom stereocenters. The first kappa shape index (κ1) is 22.7. The van der Waals surface area contributed by atoms with Crippen LogP contribution in [0.3, 0.4) is 0 Å². The number of carboxylic acid groups (broad SMARTS) is 1. The molecule has 2 aromatic carbocycles. The van der Waals surface area contributed by atoms with Crippen LogP contribution in [0.1, 0.15) is 40.9 Å². The summed E-state index contributed by atoms with van der Waals surface area (Å²) in [5.41, 5.74) is 3.17. The maximum Gasteiger partial charge on any atom is 0.336 e. The number of aryl methyl sites for hydroxylation is 2. The Balaban J connectivity index is 1.71. The average Bonchev–Trinajstić information content (AvgIpc) is 2.72. The zero-order chi connectivity index (χ0) is 22.8. The first-order valence-corrected chi connectivity index (χ1v) is 10.6. The Labute approximate surface area is 184 Å². The van der Waals surface area contributed by atoms with Gasteiger partial charge < -0.3 is 19.6 Å². The molecular weight excluding hydrogens is 392 g/mol. The van der Waals surface area contributed by atoms with Gasteiger partial charge in [0, 0.05) is 43.3 Å². The second-order valence-electron chi connectivity index (χ2n) is 8.96. The number of piperazine rings is 1. The summed E-state index contributed by atoms with van der Waals surface area (Å²) in [6.07, 6.45) is 0.395. The predicted molar refractivity (Wildman–Crippen MR) is 122 cm³/mol. The van der Waals surface area contributed by atoms with Crippen molar-refractivity contribution in [3.05, 3.63) is 58.7 Å². The Bertz CT molecular complexity index is 975. The Kier molecular flexibility index (Phi) is 6.58. The SMILES string of the molecule is COc1cccc(N2CCN(C(=O)C(C)(C)Cc3cc(C)cc(C)c3C(=O)O)CC2)c1. The molecule has 1 saturated heterocycles. The monoisotopic (exact) mass is 424 g/mol. The van der Waals surface area contributed by atoms with E-state index < -0.39 is 11.4 Å². The van der Waals surface area contributed by atoms with E-state index in [0.29, 0.717) is 25.1 Å². The highest BCUT2D eigenvalue weighted by atomic mass is 16.5. The zero-order valence-electron chi connectivity index (χ0n) is 19.1. The van der Waals surface area contributed by atoms with Gasteiger partial charge >= 0.3 is 5.97 Å². The molecular formula is C25H32N2O4. The Hall–Kier alpha value is -3.02. The minimum atomic E-state index is -0.942. The van der Waals surface area contributed by atoms with E-state index in [1.165, 1.54) is 0 Å². The second-order valence-corrected chi connectivity index (χ2v) is 8.96. The molecule has 3 rings (SSSR count). The van der Waals surface area contributed by atoms with Crippen LogP contribution < -0.4 is 9.64 Å². The number of nitrogens with zero attached hydrogens (tertiary/aromatic N) is 2. The Morgan fingerprint density at radius 3 is 2.35 bits per heavy atom. The van der Waals surface area contributed by atoms with Gasteiger partial charge in [0.15, 0.2) is 0 Å².